The number of thioether (sulfide) groups is 1. The number of Topliss-reactive ketones (excluding diaryl/α,β-unsaturated/α-hetero) is 1. The Balaban J connectivity index is 2.05. The Hall–Kier alpha value is -1.83. The minimum atomic E-state index is -0.0961. The van der Waals surface area contributed by atoms with Gasteiger partial charge in [0.2, 0.25) is 0 Å². The van der Waals surface area contributed by atoms with Gasteiger partial charge in [0.25, 0.3) is 0 Å². The van der Waals surface area contributed by atoms with E-state index in [0.29, 0.717) is 35.3 Å². The first kappa shape index (κ1) is 17.5. The van der Waals surface area contributed by atoms with Gasteiger partial charge in [-0.15, -0.1) is 0 Å². The van der Waals surface area contributed by atoms with Crippen LogP contribution in [-0.2, 0) is 17.9 Å². The second kappa shape index (κ2) is 8.71. The number of hydrogen-bond acceptors (Lipinski definition) is 6. The van der Waals surface area contributed by atoms with Crippen LogP contribution in [-0.4, -0.2) is 47.0 Å². The number of carbonyl (C=O) groups excluding carboxylic acids is 1. The summed E-state index contributed by atoms with van der Waals surface area (Å²) in [4.78, 5) is 16.6. The van der Waals surface area contributed by atoms with Crippen molar-refractivity contribution < 1.29 is 19.4 Å². The molecule has 0 amide bonds. The fourth-order valence-corrected chi connectivity index (χ4v) is 2.98. The lowest BCUT2D eigenvalue weighted by Gasteiger charge is -2.10. The van der Waals surface area contributed by atoms with Gasteiger partial charge in [0.15, 0.2) is 10.9 Å². The summed E-state index contributed by atoms with van der Waals surface area (Å²) in [6, 6.07) is 7.08. The van der Waals surface area contributed by atoms with E-state index >= 15 is 0 Å². The first-order valence-corrected chi connectivity index (χ1v) is 8.12. The summed E-state index contributed by atoms with van der Waals surface area (Å²) in [7, 11) is 3.19. The molecular formula is C16H20N2O4S. The lowest BCUT2D eigenvalue weighted by molar-refractivity contribution is 0.102. The van der Waals surface area contributed by atoms with E-state index in [1.807, 2.05) is 4.57 Å². The van der Waals surface area contributed by atoms with E-state index in [1.165, 1.54) is 11.8 Å². The van der Waals surface area contributed by atoms with Crippen LogP contribution in [0.3, 0.4) is 0 Å². The second-order valence-corrected chi connectivity index (χ2v) is 5.72. The molecule has 0 fully saturated rings. The van der Waals surface area contributed by atoms with Crippen molar-refractivity contribution in [3.05, 3.63) is 41.7 Å². The van der Waals surface area contributed by atoms with Crippen LogP contribution >= 0.6 is 11.8 Å². The Labute approximate surface area is 139 Å². The van der Waals surface area contributed by atoms with Crippen molar-refractivity contribution in [2.45, 2.75) is 18.3 Å². The predicted octanol–water partition coefficient (Wildman–Crippen LogP) is 2.01. The van der Waals surface area contributed by atoms with Crippen molar-refractivity contribution in [2.75, 3.05) is 26.6 Å². The Morgan fingerprint density at radius 3 is 2.91 bits per heavy atom. The Morgan fingerprint density at radius 1 is 1.39 bits per heavy atom. The summed E-state index contributed by atoms with van der Waals surface area (Å²) in [6.45, 7) is 1.00. The van der Waals surface area contributed by atoms with Crippen LogP contribution in [0.1, 0.15) is 16.1 Å². The van der Waals surface area contributed by atoms with Gasteiger partial charge in [-0.05, 0) is 12.1 Å². The molecule has 0 saturated carbocycles. The third kappa shape index (κ3) is 4.57. The van der Waals surface area contributed by atoms with Crippen molar-refractivity contribution in [1.82, 2.24) is 9.55 Å². The maximum atomic E-state index is 12.3. The van der Waals surface area contributed by atoms with Gasteiger partial charge in [0.05, 0.1) is 38.0 Å². The van der Waals surface area contributed by atoms with Gasteiger partial charge in [-0.25, -0.2) is 4.98 Å². The molecule has 0 saturated heterocycles. The summed E-state index contributed by atoms with van der Waals surface area (Å²) in [6.07, 6.45) is 1.62. The number of ether oxygens (including phenoxy) is 2. The van der Waals surface area contributed by atoms with Crippen LogP contribution in [0.2, 0.25) is 0 Å². The van der Waals surface area contributed by atoms with Crippen LogP contribution in [0.15, 0.2) is 35.6 Å². The first-order chi connectivity index (χ1) is 11.2. The molecule has 6 nitrogen and oxygen atoms in total. The van der Waals surface area contributed by atoms with Crippen molar-refractivity contribution in [2.24, 2.45) is 0 Å². The maximum absolute atomic E-state index is 12.3. The van der Waals surface area contributed by atoms with Crippen LogP contribution in [0, 0.1) is 0 Å². The normalized spacial score (nSPS) is 10.7. The molecule has 1 aromatic heterocycles. The number of nitrogens with zero attached hydrogens (tertiary/aromatic N) is 2. The lowest BCUT2D eigenvalue weighted by Crippen LogP contribution is -2.10. The monoisotopic (exact) mass is 336 g/mol. The molecule has 0 aliphatic heterocycles. The van der Waals surface area contributed by atoms with E-state index in [2.05, 4.69) is 4.98 Å². The molecule has 1 N–H and O–H groups in total. The summed E-state index contributed by atoms with van der Waals surface area (Å²) in [5.41, 5.74) is 1.31. The zero-order valence-corrected chi connectivity index (χ0v) is 14.0. The molecule has 0 unspecified atom stereocenters. The van der Waals surface area contributed by atoms with Gasteiger partial charge in [-0.1, -0.05) is 23.9 Å². The fourth-order valence-electron chi connectivity index (χ4n) is 2.07. The van der Waals surface area contributed by atoms with Gasteiger partial charge in [0, 0.05) is 19.2 Å². The van der Waals surface area contributed by atoms with Gasteiger partial charge in [0.1, 0.15) is 5.75 Å². The fraction of sp³-hybridized carbons (Fsp3) is 0.375. The SMILES string of the molecule is COCCn1c(CO)cnc1SCC(=O)c1cccc(OC)c1. The maximum Gasteiger partial charge on any atom is 0.173 e. The molecule has 1 heterocycles. The molecule has 2 rings (SSSR count). The third-order valence-corrected chi connectivity index (χ3v) is 4.30. The van der Waals surface area contributed by atoms with Crippen molar-refractivity contribution in [3.8, 4) is 5.75 Å². The number of ketones is 1. The zero-order chi connectivity index (χ0) is 16.7. The number of benzene rings is 1. The highest BCUT2D eigenvalue weighted by atomic mass is 32.2. The van der Waals surface area contributed by atoms with E-state index in [4.69, 9.17) is 9.47 Å². The highest BCUT2D eigenvalue weighted by molar-refractivity contribution is 7.99. The van der Waals surface area contributed by atoms with Crippen molar-refractivity contribution in [3.63, 3.8) is 0 Å². The van der Waals surface area contributed by atoms with Crippen LogP contribution in [0.5, 0.6) is 5.75 Å². The molecule has 2 aromatic rings. The Morgan fingerprint density at radius 2 is 2.22 bits per heavy atom. The van der Waals surface area contributed by atoms with Crippen LogP contribution < -0.4 is 4.74 Å². The highest BCUT2D eigenvalue weighted by Crippen LogP contribution is 2.21. The molecule has 7 heteroatoms. The Bertz CT molecular complexity index is 657. The van der Waals surface area contributed by atoms with Crippen LogP contribution in [0.25, 0.3) is 0 Å². The first-order valence-electron chi connectivity index (χ1n) is 7.13. The largest absolute Gasteiger partial charge is 0.497 e. The van der Waals surface area contributed by atoms with Gasteiger partial charge in [-0.2, -0.15) is 0 Å². The minimum absolute atomic E-state index is 0.000685. The Kier molecular flexibility index (Phi) is 6.64. The summed E-state index contributed by atoms with van der Waals surface area (Å²) in [5.74, 6) is 0.924. The highest BCUT2D eigenvalue weighted by Gasteiger charge is 2.13. The number of aliphatic hydroxyl groups is 1. The number of carbonyl (C=O) groups is 1. The molecule has 0 bridgehead atoms. The molecule has 23 heavy (non-hydrogen) atoms. The smallest absolute Gasteiger partial charge is 0.173 e. The number of aromatic nitrogens is 2. The number of aliphatic hydroxyl groups excluding tert-OH is 1. The quantitative estimate of drug-likeness (QED) is 0.558. The van der Waals surface area contributed by atoms with Gasteiger partial charge >= 0.3 is 0 Å². The lowest BCUT2D eigenvalue weighted by atomic mass is 10.1. The number of hydrogen-bond donors (Lipinski definition) is 1. The average Bonchev–Trinajstić information content (AvgIpc) is 2.99. The molecule has 0 aliphatic carbocycles. The molecule has 0 spiro atoms. The number of methoxy groups -OCH3 is 2. The predicted molar refractivity (Wildman–Crippen MR) is 88.1 cm³/mol. The second-order valence-electron chi connectivity index (χ2n) is 4.78. The topological polar surface area (TPSA) is 73.6 Å². The molecule has 0 atom stereocenters. The van der Waals surface area contributed by atoms with Crippen molar-refractivity contribution >= 4 is 17.5 Å². The third-order valence-electron chi connectivity index (χ3n) is 3.31. The van der Waals surface area contributed by atoms with E-state index in [9.17, 15) is 9.90 Å². The standard InChI is InChI=1S/C16H20N2O4S/c1-21-7-6-18-13(10-19)9-17-16(18)23-11-15(20)12-4-3-5-14(8-12)22-2/h3-5,8-9,19H,6-7,10-11H2,1-2H3. The molecule has 0 radical (unpaired) electrons. The van der Waals surface area contributed by atoms with E-state index in [1.54, 1.807) is 44.7 Å². The summed E-state index contributed by atoms with van der Waals surface area (Å²) in [5, 5.41) is 10.0. The molecular weight excluding hydrogens is 316 g/mol. The molecule has 1 aromatic carbocycles. The van der Waals surface area contributed by atoms with Crippen LogP contribution in [0.4, 0.5) is 0 Å². The average molecular weight is 336 g/mol. The minimum Gasteiger partial charge on any atom is -0.497 e. The van der Waals surface area contributed by atoms with Crippen molar-refractivity contribution in [1.29, 1.82) is 0 Å². The summed E-state index contributed by atoms with van der Waals surface area (Å²) < 4.78 is 12.1. The van der Waals surface area contributed by atoms with E-state index < -0.39 is 0 Å². The van der Waals surface area contributed by atoms with E-state index in [0.717, 1.165) is 0 Å². The molecule has 124 valence electrons. The van der Waals surface area contributed by atoms with Gasteiger partial charge in [-0.3, -0.25) is 4.79 Å². The van der Waals surface area contributed by atoms with Gasteiger partial charge < -0.3 is 19.1 Å². The van der Waals surface area contributed by atoms with E-state index in [-0.39, 0.29) is 18.1 Å². The summed E-state index contributed by atoms with van der Waals surface area (Å²) >= 11 is 1.34. The number of imidazole rings is 1. The number of rotatable bonds is 9. The molecule has 0 aliphatic rings. The zero-order valence-electron chi connectivity index (χ0n) is 13.2.